The van der Waals surface area contributed by atoms with Crippen LogP contribution in [0.4, 0.5) is 5.82 Å². The molecule has 21 heavy (non-hydrogen) atoms. The van der Waals surface area contributed by atoms with Crippen molar-refractivity contribution in [2.45, 2.75) is 27.7 Å². The number of aryl methyl sites for hydroxylation is 1. The minimum absolute atomic E-state index is 0.0335. The molecule has 1 rings (SSSR count). The zero-order chi connectivity index (χ0) is 16.0. The van der Waals surface area contributed by atoms with Gasteiger partial charge in [-0.25, -0.2) is 4.98 Å². The van der Waals surface area contributed by atoms with Crippen molar-refractivity contribution in [3.8, 4) is 0 Å². The summed E-state index contributed by atoms with van der Waals surface area (Å²) in [5.74, 6) is 0.696. The van der Waals surface area contributed by atoms with Gasteiger partial charge in [-0.3, -0.25) is 4.79 Å². The van der Waals surface area contributed by atoms with Crippen LogP contribution in [0.3, 0.4) is 0 Å². The van der Waals surface area contributed by atoms with Crippen molar-refractivity contribution in [2.75, 3.05) is 39.0 Å². The number of carbonyl (C=O) groups excluding carboxylic acids is 1. The van der Waals surface area contributed by atoms with Gasteiger partial charge in [-0.2, -0.15) is 0 Å². The first-order valence-corrected chi connectivity index (χ1v) is 7.39. The first kappa shape index (κ1) is 17.4. The van der Waals surface area contributed by atoms with Gasteiger partial charge in [0.2, 0.25) is 0 Å². The minimum atomic E-state index is -0.0496. The van der Waals surface area contributed by atoms with E-state index in [4.69, 9.17) is 0 Å². The van der Waals surface area contributed by atoms with Crippen molar-refractivity contribution in [1.29, 1.82) is 0 Å². The number of carbonyl (C=O) groups is 1. The standard InChI is InChI=1S/C16H28N4O/c1-7-17-14-9-13(8-12(2)19-14)15(21)18-10-16(3,4)11-20(5)6/h8-9H,7,10-11H2,1-6H3,(H,17,19)(H,18,21). The summed E-state index contributed by atoms with van der Waals surface area (Å²) in [6, 6.07) is 3.61. The quantitative estimate of drug-likeness (QED) is 0.808. The van der Waals surface area contributed by atoms with E-state index in [1.165, 1.54) is 0 Å². The van der Waals surface area contributed by atoms with Gasteiger partial charge in [0.05, 0.1) is 0 Å². The van der Waals surface area contributed by atoms with Crippen molar-refractivity contribution in [2.24, 2.45) is 5.41 Å². The third kappa shape index (κ3) is 6.12. The second kappa shape index (κ2) is 7.41. The van der Waals surface area contributed by atoms with Crippen LogP contribution < -0.4 is 10.6 Å². The molecular formula is C16H28N4O. The number of hydrogen-bond donors (Lipinski definition) is 2. The summed E-state index contributed by atoms with van der Waals surface area (Å²) in [6.07, 6.45) is 0. The topological polar surface area (TPSA) is 57.3 Å². The smallest absolute Gasteiger partial charge is 0.251 e. The van der Waals surface area contributed by atoms with E-state index in [1.807, 2.05) is 34.0 Å². The molecule has 0 aliphatic carbocycles. The Balaban J connectivity index is 2.71. The fourth-order valence-electron chi connectivity index (χ4n) is 2.40. The second-order valence-electron chi connectivity index (χ2n) is 6.50. The van der Waals surface area contributed by atoms with Gasteiger partial charge in [0.15, 0.2) is 0 Å². The van der Waals surface area contributed by atoms with Gasteiger partial charge in [-0.15, -0.1) is 0 Å². The molecule has 0 aromatic carbocycles. The molecule has 0 atom stereocenters. The Labute approximate surface area is 128 Å². The highest BCUT2D eigenvalue weighted by atomic mass is 16.1. The maximum atomic E-state index is 12.3. The van der Waals surface area contributed by atoms with Gasteiger partial charge in [-0.05, 0) is 45.5 Å². The van der Waals surface area contributed by atoms with E-state index in [0.717, 1.165) is 24.6 Å². The SMILES string of the molecule is CCNc1cc(C(=O)NCC(C)(C)CN(C)C)cc(C)n1. The van der Waals surface area contributed by atoms with Gasteiger partial charge >= 0.3 is 0 Å². The van der Waals surface area contributed by atoms with Crippen LogP contribution in [-0.2, 0) is 0 Å². The van der Waals surface area contributed by atoms with Crippen molar-refractivity contribution in [3.05, 3.63) is 23.4 Å². The van der Waals surface area contributed by atoms with Crippen LogP contribution in [-0.4, -0.2) is 49.5 Å². The summed E-state index contributed by atoms with van der Waals surface area (Å²) in [5.41, 5.74) is 1.52. The van der Waals surface area contributed by atoms with E-state index in [1.54, 1.807) is 6.07 Å². The summed E-state index contributed by atoms with van der Waals surface area (Å²) in [5, 5.41) is 6.16. The summed E-state index contributed by atoms with van der Waals surface area (Å²) in [4.78, 5) is 18.8. The first-order chi connectivity index (χ1) is 9.73. The minimum Gasteiger partial charge on any atom is -0.370 e. The molecular weight excluding hydrogens is 264 g/mol. The zero-order valence-corrected chi connectivity index (χ0v) is 14.1. The normalized spacial score (nSPS) is 11.6. The fourth-order valence-corrected chi connectivity index (χ4v) is 2.40. The number of nitrogens with zero attached hydrogens (tertiary/aromatic N) is 2. The van der Waals surface area contributed by atoms with Gasteiger partial charge in [0.25, 0.3) is 5.91 Å². The second-order valence-corrected chi connectivity index (χ2v) is 6.50. The van der Waals surface area contributed by atoms with Crippen molar-refractivity contribution in [1.82, 2.24) is 15.2 Å². The lowest BCUT2D eigenvalue weighted by Gasteiger charge is -2.28. The molecule has 1 aromatic rings. The number of nitrogens with one attached hydrogen (secondary N) is 2. The van der Waals surface area contributed by atoms with Crippen LogP contribution in [0.2, 0.25) is 0 Å². The highest BCUT2D eigenvalue weighted by molar-refractivity contribution is 5.95. The van der Waals surface area contributed by atoms with Crippen LogP contribution in [0.5, 0.6) is 0 Å². The largest absolute Gasteiger partial charge is 0.370 e. The van der Waals surface area contributed by atoms with Crippen LogP contribution in [0.15, 0.2) is 12.1 Å². The highest BCUT2D eigenvalue weighted by Gasteiger charge is 2.20. The molecule has 0 aliphatic heterocycles. The lowest BCUT2D eigenvalue weighted by molar-refractivity contribution is 0.0929. The van der Waals surface area contributed by atoms with E-state index < -0.39 is 0 Å². The summed E-state index contributed by atoms with van der Waals surface area (Å²) in [7, 11) is 4.08. The Morgan fingerprint density at radius 1 is 1.33 bits per heavy atom. The van der Waals surface area contributed by atoms with Crippen molar-refractivity contribution < 1.29 is 4.79 Å². The Bertz CT molecular complexity index is 483. The van der Waals surface area contributed by atoms with Gasteiger partial charge in [0.1, 0.15) is 5.82 Å². The molecule has 0 fully saturated rings. The maximum absolute atomic E-state index is 12.3. The fraction of sp³-hybridized carbons (Fsp3) is 0.625. The van der Waals surface area contributed by atoms with E-state index in [9.17, 15) is 4.79 Å². The molecule has 1 aromatic heterocycles. The molecule has 5 nitrogen and oxygen atoms in total. The predicted molar refractivity (Wildman–Crippen MR) is 87.8 cm³/mol. The summed E-state index contributed by atoms with van der Waals surface area (Å²) < 4.78 is 0. The molecule has 118 valence electrons. The number of anilines is 1. The third-order valence-corrected chi connectivity index (χ3v) is 3.05. The molecule has 0 spiro atoms. The number of aromatic nitrogens is 1. The molecule has 0 bridgehead atoms. The van der Waals surface area contributed by atoms with Crippen LogP contribution in [0.1, 0.15) is 36.8 Å². The average Bonchev–Trinajstić information content (AvgIpc) is 2.34. The number of hydrogen-bond acceptors (Lipinski definition) is 4. The monoisotopic (exact) mass is 292 g/mol. The summed E-state index contributed by atoms with van der Waals surface area (Å²) in [6.45, 7) is 10.5. The Morgan fingerprint density at radius 3 is 2.57 bits per heavy atom. The van der Waals surface area contributed by atoms with E-state index in [0.29, 0.717) is 12.1 Å². The molecule has 0 aliphatic rings. The lowest BCUT2D eigenvalue weighted by Crippen LogP contribution is -2.40. The van der Waals surface area contributed by atoms with E-state index in [2.05, 4.69) is 34.4 Å². The number of amides is 1. The Kier molecular flexibility index (Phi) is 6.15. The van der Waals surface area contributed by atoms with E-state index >= 15 is 0 Å². The average molecular weight is 292 g/mol. The van der Waals surface area contributed by atoms with Crippen LogP contribution in [0.25, 0.3) is 0 Å². The molecule has 0 radical (unpaired) electrons. The van der Waals surface area contributed by atoms with Gasteiger partial charge in [0, 0.05) is 30.9 Å². The Morgan fingerprint density at radius 2 is 2.00 bits per heavy atom. The number of pyridine rings is 1. The predicted octanol–water partition coefficient (Wildman–Crippen LogP) is 2.14. The van der Waals surface area contributed by atoms with Crippen LogP contribution in [0, 0.1) is 12.3 Å². The molecule has 2 N–H and O–H groups in total. The maximum Gasteiger partial charge on any atom is 0.251 e. The number of rotatable bonds is 7. The molecule has 0 saturated heterocycles. The molecule has 1 amide bonds. The highest BCUT2D eigenvalue weighted by Crippen LogP contribution is 2.15. The molecule has 0 unspecified atom stereocenters. The molecule has 5 heteroatoms. The van der Waals surface area contributed by atoms with E-state index in [-0.39, 0.29) is 11.3 Å². The van der Waals surface area contributed by atoms with Gasteiger partial charge < -0.3 is 15.5 Å². The van der Waals surface area contributed by atoms with Crippen LogP contribution >= 0.6 is 0 Å². The Hall–Kier alpha value is -1.62. The third-order valence-electron chi connectivity index (χ3n) is 3.05. The van der Waals surface area contributed by atoms with Gasteiger partial charge in [-0.1, -0.05) is 13.8 Å². The first-order valence-electron chi connectivity index (χ1n) is 7.39. The van der Waals surface area contributed by atoms with Crippen molar-refractivity contribution in [3.63, 3.8) is 0 Å². The molecule has 1 heterocycles. The lowest BCUT2D eigenvalue weighted by atomic mass is 9.93. The molecule has 0 saturated carbocycles. The van der Waals surface area contributed by atoms with Crippen molar-refractivity contribution >= 4 is 11.7 Å². The zero-order valence-electron chi connectivity index (χ0n) is 14.1. The summed E-state index contributed by atoms with van der Waals surface area (Å²) >= 11 is 0.